The topological polar surface area (TPSA) is 4.93 Å². The quantitative estimate of drug-likeness (QED) is 0.671. The largest absolute Gasteiger partial charge is 0.342 e. The average Bonchev–Trinajstić information content (AvgIpc) is 2.48. The number of fused-ring (bicyclic) bond motifs is 1. The lowest BCUT2D eigenvalue weighted by Gasteiger charge is -2.03. The summed E-state index contributed by atoms with van der Waals surface area (Å²) < 4.78 is 25.8. The van der Waals surface area contributed by atoms with Crippen molar-refractivity contribution >= 4 is 10.9 Å². The average molecular weight is 181 g/mol. The lowest BCUT2D eigenvalue weighted by atomic mass is 10.2. The smallest absolute Gasteiger partial charge is 0.256 e. The summed E-state index contributed by atoms with van der Waals surface area (Å²) in [6, 6.07) is 9.35. The second-order valence-corrected chi connectivity index (χ2v) is 2.92. The first-order chi connectivity index (χ1) is 6.27. The standard InChI is InChI=1S/C10H9F2N/c11-10(12)7-13-6-5-8-3-1-2-4-9(8)13/h1-6,10H,7H2. The van der Waals surface area contributed by atoms with Crippen LogP contribution in [0.15, 0.2) is 36.5 Å². The third-order valence-electron chi connectivity index (χ3n) is 2.01. The number of hydrogen-bond acceptors (Lipinski definition) is 0. The van der Waals surface area contributed by atoms with Crippen molar-refractivity contribution in [1.82, 2.24) is 4.57 Å². The van der Waals surface area contributed by atoms with Crippen LogP contribution in [0, 0.1) is 0 Å². The summed E-state index contributed by atoms with van der Waals surface area (Å²) in [6.45, 7) is -0.229. The van der Waals surface area contributed by atoms with Crippen LogP contribution >= 0.6 is 0 Å². The summed E-state index contributed by atoms with van der Waals surface area (Å²) in [4.78, 5) is 0. The highest BCUT2D eigenvalue weighted by atomic mass is 19.3. The molecule has 0 unspecified atom stereocenters. The SMILES string of the molecule is FC(F)Cn1ccc2ccccc21. The minimum absolute atomic E-state index is 0.229. The predicted octanol–water partition coefficient (Wildman–Crippen LogP) is 2.91. The molecule has 0 aliphatic heterocycles. The fraction of sp³-hybridized carbons (Fsp3) is 0.200. The molecule has 68 valence electrons. The number of hydrogen-bond donors (Lipinski definition) is 0. The Labute approximate surface area is 74.6 Å². The monoisotopic (exact) mass is 181 g/mol. The van der Waals surface area contributed by atoms with Gasteiger partial charge in [-0.1, -0.05) is 18.2 Å². The van der Waals surface area contributed by atoms with Crippen molar-refractivity contribution in [1.29, 1.82) is 0 Å². The van der Waals surface area contributed by atoms with Gasteiger partial charge in [0.1, 0.15) is 0 Å². The van der Waals surface area contributed by atoms with Crippen LogP contribution in [-0.2, 0) is 6.54 Å². The van der Waals surface area contributed by atoms with E-state index in [-0.39, 0.29) is 6.54 Å². The zero-order valence-corrected chi connectivity index (χ0v) is 6.95. The molecule has 2 aromatic rings. The van der Waals surface area contributed by atoms with Crippen LogP contribution in [0.3, 0.4) is 0 Å². The van der Waals surface area contributed by atoms with E-state index in [2.05, 4.69) is 0 Å². The maximum absolute atomic E-state index is 12.1. The van der Waals surface area contributed by atoms with Crippen LogP contribution in [0.4, 0.5) is 8.78 Å². The molecule has 0 fully saturated rings. The fourth-order valence-corrected chi connectivity index (χ4v) is 1.45. The second-order valence-electron chi connectivity index (χ2n) is 2.92. The molecule has 0 bridgehead atoms. The molecule has 0 N–H and O–H groups in total. The summed E-state index contributed by atoms with van der Waals surface area (Å²) >= 11 is 0. The van der Waals surface area contributed by atoms with Crippen molar-refractivity contribution in [3.05, 3.63) is 36.5 Å². The molecule has 1 nitrogen and oxygen atoms in total. The van der Waals surface area contributed by atoms with Gasteiger partial charge >= 0.3 is 0 Å². The fourth-order valence-electron chi connectivity index (χ4n) is 1.45. The number of halogens is 2. The van der Waals surface area contributed by atoms with Gasteiger partial charge in [-0.25, -0.2) is 8.78 Å². The van der Waals surface area contributed by atoms with Crippen molar-refractivity contribution in [2.75, 3.05) is 0 Å². The minimum atomic E-state index is -2.30. The van der Waals surface area contributed by atoms with E-state index in [1.165, 1.54) is 0 Å². The Bertz CT molecular complexity index is 406. The Morgan fingerprint density at radius 2 is 1.92 bits per heavy atom. The zero-order chi connectivity index (χ0) is 9.26. The molecule has 0 saturated heterocycles. The van der Waals surface area contributed by atoms with Crippen LogP contribution in [-0.4, -0.2) is 11.0 Å². The molecule has 13 heavy (non-hydrogen) atoms. The maximum atomic E-state index is 12.1. The molecule has 0 radical (unpaired) electrons. The summed E-state index contributed by atoms with van der Waals surface area (Å²) in [5.74, 6) is 0. The molecule has 1 aromatic carbocycles. The van der Waals surface area contributed by atoms with Crippen molar-refractivity contribution in [2.45, 2.75) is 13.0 Å². The van der Waals surface area contributed by atoms with Crippen molar-refractivity contribution < 1.29 is 8.78 Å². The highest BCUT2D eigenvalue weighted by Crippen LogP contribution is 2.15. The van der Waals surface area contributed by atoms with Gasteiger partial charge in [-0.2, -0.15) is 0 Å². The maximum Gasteiger partial charge on any atom is 0.256 e. The summed E-state index contributed by atoms with van der Waals surface area (Å²) in [7, 11) is 0. The Balaban J connectivity index is 2.46. The van der Waals surface area contributed by atoms with Gasteiger partial charge in [-0.3, -0.25) is 0 Å². The van der Waals surface area contributed by atoms with Gasteiger partial charge < -0.3 is 4.57 Å². The molecular formula is C10H9F2N. The molecule has 0 saturated carbocycles. The van der Waals surface area contributed by atoms with Crippen molar-refractivity contribution in [3.63, 3.8) is 0 Å². The normalized spacial score (nSPS) is 11.3. The molecule has 0 aliphatic rings. The van der Waals surface area contributed by atoms with Crippen LogP contribution < -0.4 is 0 Å². The van der Waals surface area contributed by atoms with Gasteiger partial charge in [0.05, 0.1) is 6.54 Å². The van der Waals surface area contributed by atoms with E-state index in [1.807, 2.05) is 30.3 Å². The van der Waals surface area contributed by atoms with Gasteiger partial charge in [0, 0.05) is 11.7 Å². The van der Waals surface area contributed by atoms with E-state index < -0.39 is 6.43 Å². The number of aromatic nitrogens is 1. The van der Waals surface area contributed by atoms with Crippen molar-refractivity contribution in [2.24, 2.45) is 0 Å². The molecule has 0 aliphatic carbocycles. The van der Waals surface area contributed by atoms with Gasteiger partial charge in [0.25, 0.3) is 6.43 Å². The Morgan fingerprint density at radius 1 is 1.15 bits per heavy atom. The van der Waals surface area contributed by atoms with Gasteiger partial charge in [0.15, 0.2) is 0 Å². The van der Waals surface area contributed by atoms with Crippen LogP contribution in [0.2, 0.25) is 0 Å². The summed E-state index contributed by atoms with van der Waals surface area (Å²) in [6.07, 6.45) is -0.604. The van der Waals surface area contributed by atoms with Crippen LogP contribution in [0.1, 0.15) is 0 Å². The molecule has 1 aromatic heterocycles. The number of alkyl halides is 2. The predicted molar refractivity (Wildman–Crippen MR) is 47.9 cm³/mol. The summed E-state index contributed by atoms with van der Waals surface area (Å²) in [5, 5.41) is 1.00. The van der Waals surface area contributed by atoms with E-state index in [0.717, 1.165) is 10.9 Å². The van der Waals surface area contributed by atoms with E-state index >= 15 is 0 Å². The molecule has 1 heterocycles. The van der Waals surface area contributed by atoms with Gasteiger partial charge in [0.2, 0.25) is 0 Å². The third kappa shape index (κ3) is 1.54. The van der Waals surface area contributed by atoms with Gasteiger partial charge in [-0.15, -0.1) is 0 Å². The number of nitrogens with zero attached hydrogens (tertiary/aromatic N) is 1. The number of rotatable bonds is 2. The highest BCUT2D eigenvalue weighted by Gasteiger charge is 2.05. The summed E-state index contributed by atoms with van der Waals surface area (Å²) in [5.41, 5.74) is 0.864. The van der Waals surface area contributed by atoms with Crippen LogP contribution in [0.5, 0.6) is 0 Å². The third-order valence-corrected chi connectivity index (χ3v) is 2.01. The molecule has 0 atom stereocenters. The van der Waals surface area contributed by atoms with E-state index in [4.69, 9.17) is 0 Å². The molecule has 3 heteroatoms. The van der Waals surface area contributed by atoms with E-state index in [1.54, 1.807) is 10.8 Å². The first kappa shape index (κ1) is 8.23. The molecule has 2 rings (SSSR count). The second kappa shape index (κ2) is 3.17. The first-order valence-electron chi connectivity index (χ1n) is 4.09. The molecule has 0 spiro atoms. The molecular weight excluding hydrogens is 172 g/mol. The van der Waals surface area contributed by atoms with Crippen LogP contribution in [0.25, 0.3) is 10.9 Å². The highest BCUT2D eigenvalue weighted by molar-refractivity contribution is 5.79. The lowest BCUT2D eigenvalue weighted by Crippen LogP contribution is -2.04. The van der Waals surface area contributed by atoms with Gasteiger partial charge in [-0.05, 0) is 17.5 Å². The number of benzene rings is 1. The van der Waals surface area contributed by atoms with Crippen molar-refractivity contribution in [3.8, 4) is 0 Å². The Kier molecular flexibility index (Phi) is 2.00. The zero-order valence-electron chi connectivity index (χ0n) is 6.95. The lowest BCUT2D eigenvalue weighted by molar-refractivity contribution is 0.128. The first-order valence-corrected chi connectivity index (χ1v) is 4.09. The van der Waals surface area contributed by atoms with E-state index in [9.17, 15) is 8.78 Å². The molecule has 0 amide bonds. The minimum Gasteiger partial charge on any atom is -0.342 e. The number of para-hydroxylation sites is 1. The Morgan fingerprint density at radius 3 is 2.69 bits per heavy atom. The van der Waals surface area contributed by atoms with E-state index in [0.29, 0.717) is 0 Å². The Hall–Kier alpha value is -1.38.